The van der Waals surface area contributed by atoms with Crippen LogP contribution in [-0.4, -0.2) is 26.0 Å². The van der Waals surface area contributed by atoms with Crippen molar-refractivity contribution in [2.45, 2.75) is 0 Å². The van der Waals surface area contributed by atoms with E-state index in [0.29, 0.717) is 10.8 Å². The van der Waals surface area contributed by atoms with Crippen LogP contribution in [0.5, 0.6) is 0 Å². The quantitative estimate of drug-likeness (QED) is 0.593. The number of halogens is 1. The first-order chi connectivity index (χ1) is 9.74. The van der Waals surface area contributed by atoms with Crippen molar-refractivity contribution in [3.8, 4) is 0 Å². The van der Waals surface area contributed by atoms with E-state index < -0.39 is 0 Å². The van der Waals surface area contributed by atoms with Crippen LogP contribution in [0.25, 0.3) is 11.0 Å². The number of hydrogen-bond donors (Lipinski definition) is 1. The second-order valence-corrected chi connectivity index (χ2v) is 4.59. The van der Waals surface area contributed by atoms with Crippen LogP contribution in [0, 0.1) is 0 Å². The van der Waals surface area contributed by atoms with Gasteiger partial charge in [-0.25, -0.2) is 9.97 Å². The van der Waals surface area contributed by atoms with Crippen LogP contribution in [-0.2, 0) is 7.05 Å². The summed E-state index contributed by atoms with van der Waals surface area (Å²) >= 11 is 5.82. The monoisotopic (exact) mass is 286 g/mol. The minimum Gasteiger partial charge on any atom is -0.261 e. The molecule has 0 radical (unpaired) electrons. The number of anilines is 1. The van der Waals surface area contributed by atoms with E-state index in [9.17, 15) is 0 Å². The van der Waals surface area contributed by atoms with Gasteiger partial charge in [-0.05, 0) is 17.7 Å². The highest BCUT2D eigenvalue weighted by Gasteiger charge is 2.06. The molecular weight excluding hydrogens is 276 g/mol. The third-order valence-corrected chi connectivity index (χ3v) is 3.04. The molecule has 1 N–H and O–H groups in total. The number of hydrogen-bond acceptors (Lipinski definition) is 5. The molecular formula is C13H11ClN6. The second kappa shape index (κ2) is 5.26. The zero-order chi connectivity index (χ0) is 13.9. The average molecular weight is 287 g/mol. The van der Waals surface area contributed by atoms with E-state index in [-0.39, 0.29) is 0 Å². The molecule has 3 rings (SSSR count). The molecule has 0 spiro atoms. The molecule has 0 saturated carbocycles. The summed E-state index contributed by atoms with van der Waals surface area (Å²) in [7, 11) is 1.83. The molecule has 0 atom stereocenters. The number of benzene rings is 1. The zero-order valence-corrected chi connectivity index (χ0v) is 11.4. The molecule has 3 aromatic rings. The third-order valence-electron chi connectivity index (χ3n) is 2.78. The summed E-state index contributed by atoms with van der Waals surface area (Å²) in [6.07, 6.45) is 4.88. The number of rotatable bonds is 3. The van der Waals surface area contributed by atoms with Crippen molar-refractivity contribution < 1.29 is 0 Å². The number of aryl methyl sites for hydroxylation is 1. The lowest BCUT2D eigenvalue weighted by atomic mass is 10.2. The molecule has 6 nitrogen and oxygen atoms in total. The SMILES string of the molecule is Cn1ncc2c(N/N=C/c3ccc(Cl)cc3)ncnc21. The van der Waals surface area contributed by atoms with Gasteiger partial charge in [-0.15, -0.1) is 0 Å². The molecule has 7 heteroatoms. The van der Waals surface area contributed by atoms with Gasteiger partial charge in [0.05, 0.1) is 17.8 Å². The maximum Gasteiger partial charge on any atom is 0.163 e. The van der Waals surface area contributed by atoms with Crippen molar-refractivity contribution >= 4 is 34.7 Å². The van der Waals surface area contributed by atoms with E-state index in [1.165, 1.54) is 6.33 Å². The van der Waals surface area contributed by atoms with Gasteiger partial charge in [0, 0.05) is 12.1 Å². The lowest BCUT2D eigenvalue weighted by Gasteiger charge is -2.00. The maximum absolute atomic E-state index is 5.82. The normalized spacial score (nSPS) is 11.3. The predicted octanol–water partition coefficient (Wildman–Crippen LogP) is 2.46. The Balaban J connectivity index is 1.81. The molecule has 2 aromatic heterocycles. The Morgan fingerprint density at radius 3 is 2.85 bits per heavy atom. The molecule has 0 aliphatic carbocycles. The molecule has 0 unspecified atom stereocenters. The first-order valence-electron chi connectivity index (χ1n) is 5.91. The molecule has 0 aliphatic heterocycles. The van der Waals surface area contributed by atoms with Crippen LogP contribution in [0.15, 0.2) is 41.9 Å². The number of hydrazone groups is 1. The standard InChI is InChI=1S/C13H11ClN6/c1-20-13-11(7-18-20)12(15-8-16-13)19-17-6-9-2-4-10(14)5-3-9/h2-8H,1H3,(H,15,16,19)/b17-6+. The third kappa shape index (κ3) is 2.46. The average Bonchev–Trinajstić information content (AvgIpc) is 2.84. The Labute approximate surface area is 120 Å². The van der Waals surface area contributed by atoms with Gasteiger partial charge in [-0.3, -0.25) is 10.1 Å². The number of nitrogens with zero attached hydrogens (tertiary/aromatic N) is 5. The van der Waals surface area contributed by atoms with E-state index in [4.69, 9.17) is 11.6 Å². The summed E-state index contributed by atoms with van der Waals surface area (Å²) in [5.41, 5.74) is 4.59. The van der Waals surface area contributed by atoms with Crippen LogP contribution in [0.3, 0.4) is 0 Å². The Morgan fingerprint density at radius 1 is 1.25 bits per heavy atom. The van der Waals surface area contributed by atoms with Gasteiger partial charge in [-0.2, -0.15) is 10.2 Å². The summed E-state index contributed by atoms with van der Waals surface area (Å²) in [6, 6.07) is 7.39. The molecule has 2 heterocycles. The van der Waals surface area contributed by atoms with Gasteiger partial charge >= 0.3 is 0 Å². The molecule has 100 valence electrons. The highest BCUT2D eigenvalue weighted by atomic mass is 35.5. The van der Waals surface area contributed by atoms with Gasteiger partial charge in [0.25, 0.3) is 0 Å². The molecule has 0 amide bonds. The minimum atomic E-state index is 0.619. The maximum atomic E-state index is 5.82. The summed E-state index contributed by atoms with van der Waals surface area (Å²) in [5, 5.41) is 9.82. The largest absolute Gasteiger partial charge is 0.261 e. The molecule has 1 aromatic carbocycles. The van der Waals surface area contributed by atoms with Crippen molar-refractivity contribution in [3.63, 3.8) is 0 Å². The minimum absolute atomic E-state index is 0.619. The Kier molecular flexibility index (Phi) is 3.30. The van der Waals surface area contributed by atoms with Crippen molar-refractivity contribution in [3.05, 3.63) is 47.4 Å². The molecule has 0 bridgehead atoms. The van der Waals surface area contributed by atoms with Crippen LogP contribution in [0.1, 0.15) is 5.56 Å². The molecule has 0 saturated heterocycles. The van der Waals surface area contributed by atoms with Gasteiger partial charge in [0.15, 0.2) is 11.5 Å². The summed E-state index contributed by atoms with van der Waals surface area (Å²) in [5.74, 6) is 0.619. The summed E-state index contributed by atoms with van der Waals surface area (Å²) in [4.78, 5) is 8.32. The molecule has 0 aliphatic rings. The van der Waals surface area contributed by atoms with E-state index in [1.807, 2.05) is 31.3 Å². The number of fused-ring (bicyclic) bond motifs is 1. The number of nitrogens with one attached hydrogen (secondary N) is 1. The van der Waals surface area contributed by atoms with E-state index >= 15 is 0 Å². The van der Waals surface area contributed by atoms with Crippen molar-refractivity contribution in [1.29, 1.82) is 0 Å². The fourth-order valence-electron chi connectivity index (χ4n) is 1.77. The van der Waals surface area contributed by atoms with Crippen LogP contribution < -0.4 is 5.43 Å². The van der Waals surface area contributed by atoms with Crippen LogP contribution in [0.2, 0.25) is 5.02 Å². The Morgan fingerprint density at radius 2 is 2.05 bits per heavy atom. The van der Waals surface area contributed by atoms with E-state index in [2.05, 4.69) is 25.6 Å². The Hall–Kier alpha value is -2.47. The van der Waals surface area contributed by atoms with Crippen molar-refractivity contribution in [1.82, 2.24) is 19.7 Å². The zero-order valence-electron chi connectivity index (χ0n) is 10.7. The highest BCUT2D eigenvalue weighted by molar-refractivity contribution is 6.30. The fraction of sp³-hybridized carbons (Fsp3) is 0.0769. The van der Waals surface area contributed by atoms with Gasteiger partial charge in [0.1, 0.15) is 6.33 Å². The Bertz CT molecular complexity index is 762. The lowest BCUT2D eigenvalue weighted by Crippen LogP contribution is -1.97. The van der Waals surface area contributed by atoms with Crippen LogP contribution in [0.4, 0.5) is 5.82 Å². The first-order valence-corrected chi connectivity index (χ1v) is 6.29. The lowest BCUT2D eigenvalue weighted by molar-refractivity contribution is 0.785. The second-order valence-electron chi connectivity index (χ2n) is 4.15. The summed E-state index contributed by atoms with van der Waals surface area (Å²) in [6.45, 7) is 0. The van der Waals surface area contributed by atoms with Gasteiger partial charge in [0.2, 0.25) is 0 Å². The fourth-order valence-corrected chi connectivity index (χ4v) is 1.89. The van der Waals surface area contributed by atoms with Crippen LogP contribution >= 0.6 is 11.6 Å². The molecule has 0 fully saturated rings. The number of aromatic nitrogens is 4. The van der Waals surface area contributed by atoms with Gasteiger partial charge < -0.3 is 0 Å². The predicted molar refractivity (Wildman–Crippen MR) is 79.0 cm³/mol. The summed E-state index contributed by atoms with van der Waals surface area (Å²) < 4.78 is 1.69. The van der Waals surface area contributed by atoms with E-state index in [0.717, 1.165) is 16.6 Å². The topological polar surface area (TPSA) is 68.0 Å². The smallest absolute Gasteiger partial charge is 0.163 e. The van der Waals surface area contributed by atoms with Crippen molar-refractivity contribution in [2.75, 3.05) is 5.43 Å². The first kappa shape index (κ1) is 12.6. The van der Waals surface area contributed by atoms with Crippen molar-refractivity contribution in [2.24, 2.45) is 12.1 Å². The molecule has 20 heavy (non-hydrogen) atoms. The highest BCUT2D eigenvalue weighted by Crippen LogP contribution is 2.17. The van der Waals surface area contributed by atoms with Gasteiger partial charge in [-0.1, -0.05) is 23.7 Å². The van der Waals surface area contributed by atoms with E-state index in [1.54, 1.807) is 17.1 Å².